The van der Waals surface area contributed by atoms with Crippen molar-refractivity contribution in [1.29, 1.82) is 0 Å². The van der Waals surface area contributed by atoms with Gasteiger partial charge in [0, 0.05) is 24.8 Å². The normalized spacial score (nSPS) is 16.8. The van der Waals surface area contributed by atoms with Crippen LogP contribution in [0.1, 0.15) is 5.56 Å². The SMILES string of the molecule is Nc1ncccc1CN1CCOCC1=O. The Morgan fingerprint density at radius 3 is 3.20 bits per heavy atom. The van der Waals surface area contributed by atoms with Gasteiger partial charge in [0.05, 0.1) is 6.61 Å². The number of morpholine rings is 1. The number of aromatic nitrogens is 1. The van der Waals surface area contributed by atoms with Crippen LogP contribution in [0.2, 0.25) is 0 Å². The molecule has 80 valence electrons. The highest BCUT2D eigenvalue weighted by Crippen LogP contribution is 2.12. The zero-order valence-corrected chi connectivity index (χ0v) is 8.35. The molecule has 0 spiro atoms. The number of anilines is 1. The summed E-state index contributed by atoms with van der Waals surface area (Å²) >= 11 is 0. The maximum atomic E-state index is 11.4. The maximum absolute atomic E-state index is 11.4. The maximum Gasteiger partial charge on any atom is 0.248 e. The number of hydrogen-bond donors (Lipinski definition) is 1. The third-order valence-corrected chi connectivity index (χ3v) is 2.37. The first kappa shape index (κ1) is 9.92. The lowest BCUT2D eigenvalue weighted by Gasteiger charge is -2.26. The molecule has 5 nitrogen and oxygen atoms in total. The minimum Gasteiger partial charge on any atom is -0.383 e. The Labute approximate surface area is 87.8 Å². The lowest BCUT2D eigenvalue weighted by molar-refractivity contribution is -0.143. The summed E-state index contributed by atoms with van der Waals surface area (Å²) in [5, 5.41) is 0. The first-order valence-electron chi connectivity index (χ1n) is 4.82. The van der Waals surface area contributed by atoms with Gasteiger partial charge in [0.15, 0.2) is 0 Å². The van der Waals surface area contributed by atoms with E-state index < -0.39 is 0 Å². The van der Waals surface area contributed by atoms with Crippen LogP contribution in [0.15, 0.2) is 18.3 Å². The summed E-state index contributed by atoms with van der Waals surface area (Å²) in [6, 6.07) is 3.70. The molecule has 1 aliphatic rings. The van der Waals surface area contributed by atoms with E-state index in [9.17, 15) is 4.79 Å². The predicted octanol–water partition coefficient (Wildman–Crippen LogP) is 0.0226. The molecule has 0 radical (unpaired) electrons. The average molecular weight is 207 g/mol. The van der Waals surface area contributed by atoms with E-state index in [1.54, 1.807) is 11.1 Å². The van der Waals surface area contributed by atoms with Gasteiger partial charge in [-0.15, -0.1) is 0 Å². The van der Waals surface area contributed by atoms with E-state index >= 15 is 0 Å². The molecule has 2 N–H and O–H groups in total. The lowest BCUT2D eigenvalue weighted by Crippen LogP contribution is -2.41. The smallest absolute Gasteiger partial charge is 0.248 e. The van der Waals surface area contributed by atoms with Crippen molar-refractivity contribution in [1.82, 2.24) is 9.88 Å². The number of hydrogen-bond acceptors (Lipinski definition) is 4. The Morgan fingerprint density at radius 1 is 1.60 bits per heavy atom. The number of pyridine rings is 1. The summed E-state index contributed by atoms with van der Waals surface area (Å²) in [7, 11) is 0. The fourth-order valence-electron chi connectivity index (χ4n) is 1.51. The van der Waals surface area contributed by atoms with Crippen LogP contribution in [0.4, 0.5) is 5.82 Å². The topological polar surface area (TPSA) is 68.4 Å². The summed E-state index contributed by atoms with van der Waals surface area (Å²) in [5.41, 5.74) is 6.59. The van der Waals surface area contributed by atoms with Crippen molar-refractivity contribution in [2.45, 2.75) is 6.54 Å². The molecule has 2 heterocycles. The molecule has 0 saturated carbocycles. The Bertz CT molecular complexity index is 367. The minimum atomic E-state index is 0.00417. The summed E-state index contributed by atoms with van der Waals surface area (Å²) in [6.45, 7) is 1.89. The van der Waals surface area contributed by atoms with E-state index in [4.69, 9.17) is 10.5 Å². The quantitative estimate of drug-likeness (QED) is 0.742. The molecule has 2 rings (SSSR count). The molecule has 1 amide bonds. The van der Waals surface area contributed by atoms with Crippen molar-refractivity contribution in [3.63, 3.8) is 0 Å². The minimum absolute atomic E-state index is 0.00417. The number of nitrogens with zero attached hydrogens (tertiary/aromatic N) is 2. The first-order valence-corrected chi connectivity index (χ1v) is 4.82. The molecule has 0 aliphatic carbocycles. The van der Waals surface area contributed by atoms with Crippen molar-refractivity contribution in [2.75, 3.05) is 25.5 Å². The molecule has 1 aromatic heterocycles. The van der Waals surface area contributed by atoms with E-state index in [-0.39, 0.29) is 12.5 Å². The second-order valence-corrected chi connectivity index (χ2v) is 3.42. The Morgan fingerprint density at radius 2 is 2.47 bits per heavy atom. The standard InChI is InChI=1S/C10H13N3O2/c11-10-8(2-1-3-12-10)6-13-4-5-15-7-9(13)14/h1-3H,4-7H2,(H2,11,12). The molecule has 0 bridgehead atoms. The lowest BCUT2D eigenvalue weighted by atomic mass is 10.2. The molecule has 1 aromatic rings. The van der Waals surface area contributed by atoms with Gasteiger partial charge in [-0.05, 0) is 6.07 Å². The van der Waals surface area contributed by atoms with Gasteiger partial charge < -0.3 is 15.4 Å². The van der Waals surface area contributed by atoms with Crippen LogP contribution in [-0.4, -0.2) is 35.5 Å². The van der Waals surface area contributed by atoms with Crippen molar-refractivity contribution >= 4 is 11.7 Å². The third kappa shape index (κ3) is 2.24. The van der Waals surface area contributed by atoms with Crippen molar-refractivity contribution in [2.24, 2.45) is 0 Å². The van der Waals surface area contributed by atoms with Gasteiger partial charge in [0.25, 0.3) is 0 Å². The highest BCUT2D eigenvalue weighted by molar-refractivity contribution is 5.78. The number of carbonyl (C=O) groups is 1. The molecule has 5 heteroatoms. The number of nitrogen functional groups attached to an aromatic ring is 1. The summed E-state index contributed by atoms with van der Waals surface area (Å²) < 4.78 is 5.04. The summed E-state index contributed by atoms with van der Waals surface area (Å²) in [4.78, 5) is 17.2. The Kier molecular flexibility index (Phi) is 2.82. The summed E-state index contributed by atoms with van der Waals surface area (Å²) in [5.74, 6) is 0.487. The van der Waals surface area contributed by atoms with Crippen LogP contribution >= 0.6 is 0 Å². The zero-order valence-electron chi connectivity index (χ0n) is 8.35. The van der Waals surface area contributed by atoms with E-state index in [2.05, 4.69) is 4.98 Å². The number of ether oxygens (including phenoxy) is 1. The monoisotopic (exact) mass is 207 g/mol. The molecular formula is C10H13N3O2. The van der Waals surface area contributed by atoms with Crippen LogP contribution in [0.5, 0.6) is 0 Å². The van der Waals surface area contributed by atoms with Crippen molar-refractivity contribution in [3.05, 3.63) is 23.9 Å². The van der Waals surface area contributed by atoms with E-state index in [0.717, 1.165) is 5.56 Å². The van der Waals surface area contributed by atoms with Gasteiger partial charge in [-0.1, -0.05) is 6.07 Å². The highest BCUT2D eigenvalue weighted by atomic mass is 16.5. The molecule has 1 saturated heterocycles. The van der Waals surface area contributed by atoms with Gasteiger partial charge in [0.2, 0.25) is 5.91 Å². The van der Waals surface area contributed by atoms with Crippen LogP contribution in [-0.2, 0) is 16.1 Å². The molecule has 1 aliphatic heterocycles. The van der Waals surface area contributed by atoms with Crippen molar-refractivity contribution in [3.8, 4) is 0 Å². The van der Waals surface area contributed by atoms with Crippen LogP contribution < -0.4 is 5.73 Å². The molecule has 0 aromatic carbocycles. The van der Waals surface area contributed by atoms with Gasteiger partial charge in [-0.2, -0.15) is 0 Å². The molecule has 1 fully saturated rings. The fourth-order valence-corrected chi connectivity index (χ4v) is 1.51. The predicted molar refractivity (Wildman–Crippen MR) is 54.9 cm³/mol. The molecule has 0 atom stereocenters. The number of carbonyl (C=O) groups excluding carboxylic acids is 1. The van der Waals surface area contributed by atoms with Gasteiger partial charge in [-0.25, -0.2) is 4.98 Å². The van der Waals surface area contributed by atoms with Gasteiger partial charge in [-0.3, -0.25) is 4.79 Å². The van der Waals surface area contributed by atoms with Crippen LogP contribution in [0.25, 0.3) is 0 Å². The second-order valence-electron chi connectivity index (χ2n) is 3.42. The summed E-state index contributed by atoms with van der Waals surface area (Å²) in [6.07, 6.45) is 1.64. The van der Waals surface area contributed by atoms with E-state index in [0.29, 0.717) is 25.5 Å². The number of rotatable bonds is 2. The zero-order chi connectivity index (χ0) is 10.7. The van der Waals surface area contributed by atoms with Crippen LogP contribution in [0.3, 0.4) is 0 Å². The van der Waals surface area contributed by atoms with E-state index in [1.807, 2.05) is 12.1 Å². The first-order chi connectivity index (χ1) is 7.27. The molecular weight excluding hydrogens is 194 g/mol. The number of amides is 1. The van der Waals surface area contributed by atoms with Crippen molar-refractivity contribution < 1.29 is 9.53 Å². The second kappa shape index (κ2) is 4.27. The van der Waals surface area contributed by atoms with E-state index in [1.165, 1.54) is 0 Å². The highest BCUT2D eigenvalue weighted by Gasteiger charge is 2.19. The largest absolute Gasteiger partial charge is 0.383 e. The average Bonchev–Trinajstić information content (AvgIpc) is 2.24. The fraction of sp³-hybridized carbons (Fsp3) is 0.400. The molecule has 15 heavy (non-hydrogen) atoms. The Hall–Kier alpha value is -1.62. The Balaban J connectivity index is 2.08. The number of nitrogens with two attached hydrogens (primary N) is 1. The van der Waals surface area contributed by atoms with Gasteiger partial charge >= 0.3 is 0 Å². The third-order valence-electron chi connectivity index (χ3n) is 2.37. The van der Waals surface area contributed by atoms with Crippen LogP contribution in [0, 0.1) is 0 Å². The van der Waals surface area contributed by atoms with Gasteiger partial charge in [0.1, 0.15) is 12.4 Å². The molecule has 0 unspecified atom stereocenters.